The largest absolute Gasteiger partial charge is 0.269 e. The molecule has 0 nitrogen and oxygen atoms in total. The van der Waals surface area contributed by atoms with Gasteiger partial charge in [-0.3, -0.25) is 12.2 Å². The molecule has 0 aliphatic heterocycles. The summed E-state index contributed by atoms with van der Waals surface area (Å²) in [6, 6.07) is 0. The van der Waals surface area contributed by atoms with E-state index in [-0.39, 0.29) is 50.7 Å². The second-order valence-electron chi connectivity index (χ2n) is 5.86. The van der Waals surface area contributed by atoms with Crippen LogP contribution in [-0.4, -0.2) is 0 Å². The molecule has 23 heavy (non-hydrogen) atoms. The maximum absolute atomic E-state index is 3.35. The van der Waals surface area contributed by atoms with Gasteiger partial charge in [0, 0.05) is 25.8 Å². The normalized spacial score (nSPS) is 16.7. The predicted octanol–water partition coefficient (Wildman–Crippen LogP) is 7.07. The number of halogens is 2. The fourth-order valence-corrected chi connectivity index (χ4v) is 2.70. The van der Waals surface area contributed by atoms with Crippen LogP contribution < -0.4 is 0 Å². The van der Waals surface area contributed by atoms with E-state index in [1.807, 2.05) is 0 Å². The van der Waals surface area contributed by atoms with Gasteiger partial charge in [-0.25, -0.2) is 23.3 Å². The summed E-state index contributed by atoms with van der Waals surface area (Å²) in [6.45, 7) is 9.02. The summed E-state index contributed by atoms with van der Waals surface area (Å²) in [5, 5.41) is 0. The SMILES string of the molecule is CCCC(C)C1=[C-]CC=C1.CCCC(C)C1=[C-]CC=C1.Cl.Cl.[Hf]. The van der Waals surface area contributed by atoms with Crippen molar-refractivity contribution in [2.24, 2.45) is 11.8 Å². The standard InChI is InChI=1S/2C10H15.2ClH.Hf/c2*1-3-6-9(2)10-7-4-5-8-10;;;/h2*4,7,9H,3,5-6H2,1-2H3;2*1H;/q2*-1;;;. The van der Waals surface area contributed by atoms with Gasteiger partial charge in [-0.1, -0.05) is 52.4 Å². The van der Waals surface area contributed by atoms with Gasteiger partial charge in [0.15, 0.2) is 0 Å². The van der Waals surface area contributed by atoms with E-state index in [0.717, 1.165) is 24.7 Å². The van der Waals surface area contributed by atoms with Gasteiger partial charge in [0.05, 0.1) is 0 Å². The molecule has 3 heteroatoms. The Kier molecular flexibility index (Phi) is 21.2. The number of rotatable bonds is 6. The van der Waals surface area contributed by atoms with Gasteiger partial charge in [0.25, 0.3) is 0 Å². The summed E-state index contributed by atoms with van der Waals surface area (Å²) in [6.07, 6.45) is 22.7. The van der Waals surface area contributed by atoms with Crippen LogP contribution >= 0.6 is 24.8 Å². The van der Waals surface area contributed by atoms with Gasteiger partial charge in [0.2, 0.25) is 0 Å². The molecule has 0 saturated carbocycles. The van der Waals surface area contributed by atoms with Gasteiger partial charge in [-0.15, -0.1) is 37.7 Å². The van der Waals surface area contributed by atoms with Crippen LogP contribution in [0.1, 0.15) is 66.2 Å². The third kappa shape index (κ3) is 11.6. The second kappa shape index (κ2) is 17.2. The molecule has 0 aromatic heterocycles. The number of allylic oxidation sites excluding steroid dienone is 8. The van der Waals surface area contributed by atoms with Gasteiger partial charge >= 0.3 is 0 Å². The Hall–Kier alpha value is 0.410. The minimum Gasteiger partial charge on any atom is -0.269 e. The summed E-state index contributed by atoms with van der Waals surface area (Å²) in [4.78, 5) is 0. The molecule has 0 bridgehead atoms. The Labute approximate surface area is 175 Å². The Morgan fingerprint density at radius 3 is 1.39 bits per heavy atom. The monoisotopic (exact) mass is 522 g/mol. The molecule has 0 aromatic rings. The zero-order chi connectivity index (χ0) is 14.8. The molecule has 2 aliphatic carbocycles. The molecule has 0 saturated heterocycles. The molecule has 2 aliphatic rings. The molecular weight excluding hydrogens is 490 g/mol. The van der Waals surface area contributed by atoms with Gasteiger partial charge in [-0.2, -0.15) is 12.2 Å². The van der Waals surface area contributed by atoms with Gasteiger partial charge < -0.3 is 0 Å². The van der Waals surface area contributed by atoms with Crippen LogP contribution in [0.3, 0.4) is 0 Å². The fraction of sp³-hybridized carbons (Fsp3) is 0.600. The maximum Gasteiger partial charge on any atom is 0 e. The Balaban J connectivity index is -0.000000308. The van der Waals surface area contributed by atoms with Crippen LogP contribution in [0, 0.1) is 24.0 Å². The van der Waals surface area contributed by atoms with Crippen molar-refractivity contribution in [2.45, 2.75) is 66.2 Å². The van der Waals surface area contributed by atoms with Crippen LogP contribution in [0.5, 0.6) is 0 Å². The van der Waals surface area contributed by atoms with E-state index in [9.17, 15) is 0 Å². The summed E-state index contributed by atoms with van der Waals surface area (Å²) in [5.41, 5.74) is 2.84. The van der Waals surface area contributed by atoms with Crippen molar-refractivity contribution in [3.63, 3.8) is 0 Å². The molecule has 0 spiro atoms. The van der Waals surface area contributed by atoms with Crippen molar-refractivity contribution in [3.05, 3.63) is 47.6 Å². The summed E-state index contributed by atoms with van der Waals surface area (Å²) in [7, 11) is 0. The van der Waals surface area contributed by atoms with Crippen molar-refractivity contribution in [1.82, 2.24) is 0 Å². The maximum atomic E-state index is 3.35. The first-order valence-corrected chi connectivity index (χ1v) is 8.23. The minimum absolute atomic E-state index is 0. The fourth-order valence-electron chi connectivity index (χ4n) is 2.70. The molecule has 0 heterocycles. The zero-order valence-corrected chi connectivity index (χ0v) is 20.2. The van der Waals surface area contributed by atoms with Crippen molar-refractivity contribution in [3.8, 4) is 0 Å². The average molecular weight is 522 g/mol. The van der Waals surface area contributed by atoms with Crippen molar-refractivity contribution in [2.75, 3.05) is 0 Å². The quantitative estimate of drug-likeness (QED) is 0.259. The van der Waals surface area contributed by atoms with E-state index in [1.165, 1.54) is 36.8 Å². The third-order valence-electron chi connectivity index (χ3n) is 3.95. The molecule has 0 N–H and O–H groups in total. The van der Waals surface area contributed by atoms with E-state index < -0.39 is 0 Å². The molecule has 132 valence electrons. The van der Waals surface area contributed by atoms with Crippen molar-refractivity contribution < 1.29 is 25.8 Å². The molecule has 2 rings (SSSR count). The minimum atomic E-state index is 0. The van der Waals surface area contributed by atoms with Gasteiger partial charge in [-0.05, 0) is 12.8 Å². The molecule has 0 amide bonds. The van der Waals surface area contributed by atoms with Crippen LogP contribution in [0.15, 0.2) is 35.5 Å². The van der Waals surface area contributed by atoms with E-state index in [2.05, 4.69) is 64.2 Å². The predicted molar refractivity (Wildman–Crippen MR) is 104 cm³/mol. The van der Waals surface area contributed by atoms with E-state index >= 15 is 0 Å². The van der Waals surface area contributed by atoms with Crippen LogP contribution in [0.2, 0.25) is 0 Å². The van der Waals surface area contributed by atoms with Gasteiger partial charge in [0.1, 0.15) is 0 Å². The van der Waals surface area contributed by atoms with Crippen LogP contribution in [0.4, 0.5) is 0 Å². The Morgan fingerprint density at radius 2 is 1.17 bits per heavy atom. The van der Waals surface area contributed by atoms with E-state index in [0.29, 0.717) is 0 Å². The molecule has 2 unspecified atom stereocenters. The Bertz CT molecular complexity index is 356. The van der Waals surface area contributed by atoms with E-state index in [4.69, 9.17) is 0 Å². The smallest absolute Gasteiger partial charge is 0 e. The van der Waals surface area contributed by atoms with Crippen molar-refractivity contribution >= 4 is 24.8 Å². The van der Waals surface area contributed by atoms with Crippen molar-refractivity contribution in [1.29, 1.82) is 0 Å². The summed E-state index contributed by atoms with van der Waals surface area (Å²) in [5.74, 6) is 1.45. The van der Waals surface area contributed by atoms with Crippen LogP contribution in [-0.2, 0) is 25.8 Å². The molecule has 0 radical (unpaired) electrons. The second-order valence-corrected chi connectivity index (χ2v) is 5.86. The first kappa shape index (κ1) is 28.2. The Morgan fingerprint density at radius 1 is 0.826 bits per heavy atom. The molecule has 0 fully saturated rings. The third-order valence-corrected chi connectivity index (χ3v) is 3.95. The zero-order valence-electron chi connectivity index (χ0n) is 15.0. The number of hydrogen-bond acceptors (Lipinski definition) is 0. The summed E-state index contributed by atoms with van der Waals surface area (Å²) < 4.78 is 0. The summed E-state index contributed by atoms with van der Waals surface area (Å²) >= 11 is 0. The molecule has 0 aromatic carbocycles. The topological polar surface area (TPSA) is 0 Å². The first-order chi connectivity index (χ1) is 9.69. The van der Waals surface area contributed by atoms with Crippen LogP contribution in [0.25, 0.3) is 0 Å². The molecular formula is C20H32Cl2Hf-2. The molecule has 2 atom stereocenters. The number of hydrogen-bond donors (Lipinski definition) is 0. The first-order valence-electron chi connectivity index (χ1n) is 8.23. The van der Waals surface area contributed by atoms with E-state index in [1.54, 1.807) is 0 Å². The average Bonchev–Trinajstić information content (AvgIpc) is 3.14.